The van der Waals surface area contributed by atoms with Crippen molar-refractivity contribution in [2.24, 2.45) is 5.92 Å². The summed E-state index contributed by atoms with van der Waals surface area (Å²) in [5.41, 5.74) is 2.45. The number of morpholine rings is 1. The number of carbonyl (C=O) groups excluding carboxylic acids is 1. The first-order chi connectivity index (χ1) is 12.7. The molecule has 1 aliphatic carbocycles. The lowest BCUT2D eigenvalue weighted by molar-refractivity contribution is -0.138. The molecule has 3 heterocycles. The van der Waals surface area contributed by atoms with Crippen molar-refractivity contribution in [2.45, 2.75) is 44.8 Å². The molecule has 1 saturated carbocycles. The van der Waals surface area contributed by atoms with Crippen LogP contribution in [0.2, 0.25) is 0 Å². The molecule has 6 nitrogen and oxygen atoms in total. The summed E-state index contributed by atoms with van der Waals surface area (Å²) in [6.45, 7) is 7.40. The number of aryl methyl sites for hydroxylation is 1. The Morgan fingerprint density at radius 3 is 2.89 bits per heavy atom. The van der Waals surface area contributed by atoms with E-state index in [-0.39, 0.29) is 30.7 Å². The van der Waals surface area contributed by atoms with Crippen LogP contribution in [0.3, 0.4) is 0 Å². The molecule has 2 saturated heterocycles. The molecule has 3 atom stereocenters. The third kappa shape index (κ3) is 5.09. The molecule has 8 heteroatoms. The summed E-state index contributed by atoms with van der Waals surface area (Å²) < 4.78 is 5.85. The minimum atomic E-state index is 0. The lowest BCUT2D eigenvalue weighted by atomic mass is 9.82. The van der Waals surface area contributed by atoms with E-state index in [1.807, 2.05) is 12.4 Å². The number of halogens is 2. The third-order valence-corrected chi connectivity index (χ3v) is 6.12. The van der Waals surface area contributed by atoms with Gasteiger partial charge in [0.05, 0.1) is 12.7 Å². The summed E-state index contributed by atoms with van der Waals surface area (Å²) in [7, 11) is 0. The number of nitrogens with one attached hydrogen (secondary N) is 1. The predicted octanol–water partition coefficient (Wildman–Crippen LogP) is 2.43. The van der Waals surface area contributed by atoms with E-state index in [1.165, 1.54) is 11.3 Å². The van der Waals surface area contributed by atoms with E-state index >= 15 is 0 Å². The smallest absolute Gasteiger partial charge is 0.225 e. The van der Waals surface area contributed by atoms with Gasteiger partial charge in [0.2, 0.25) is 5.91 Å². The first-order valence-corrected chi connectivity index (χ1v) is 10.0. The SMILES string of the molecule is Cc1cnccc1N1CCCN(C(=O)[C@H]2CC[C@H]3OCCN[C@@H]3C2)CC1.Cl.Cl. The molecule has 28 heavy (non-hydrogen) atoms. The highest BCUT2D eigenvalue weighted by Crippen LogP contribution is 2.30. The summed E-state index contributed by atoms with van der Waals surface area (Å²) >= 11 is 0. The summed E-state index contributed by atoms with van der Waals surface area (Å²) in [5, 5.41) is 3.55. The van der Waals surface area contributed by atoms with Crippen LogP contribution in [0, 0.1) is 12.8 Å². The molecule has 2 aliphatic heterocycles. The largest absolute Gasteiger partial charge is 0.375 e. The Balaban J connectivity index is 0.00000140. The standard InChI is InChI=1S/C20H30N4O2.2ClH/c1-15-14-21-6-5-18(15)23-8-2-9-24(11-10-23)20(25)16-3-4-19-17(13-16)22-7-12-26-19;;/h5-6,14,16-17,19,22H,2-4,7-13H2,1H3;2*1H/t16-,17+,19+;;/m0../s1. The van der Waals surface area contributed by atoms with Crippen LogP contribution in [-0.4, -0.2) is 67.3 Å². The maximum Gasteiger partial charge on any atom is 0.225 e. The van der Waals surface area contributed by atoms with Gasteiger partial charge in [-0.3, -0.25) is 9.78 Å². The Bertz CT molecular complexity index is 648. The number of aromatic nitrogens is 1. The predicted molar refractivity (Wildman–Crippen MR) is 116 cm³/mol. The molecular formula is C20H32Cl2N4O2. The van der Waals surface area contributed by atoms with E-state index in [4.69, 9.17) is 4.74 Å². The Kier molecular flexibility index (Phi) is 8.81. The number of hydrogen-bond acceptors (Lipinski definition) is 5. The van der Waals surface area contributed by atoms with Gasteiger partial charge >= 0.3 is 0 Å². The maximum absolute atomic E-state index is 13.1. The fraction of sp³-hybridized carbons (Fsp3) is 0.700. The number of nitrogens with zero attached hydrogens (tertiary/aromatic N) is 3. The van der Waals surface area contributed by atoms with E-state index < -0.39 is 0 Å². The van der Waals surface area contributed by atoms with E-state index in [0.717, 1.165) is 65.0 Å². The van der Waals surface area contributed by atoms with Crippen LogP contribution in [0.25, 0.3) is 0 Å². The van der Waals surface area contributed by atoms with Gasteiger partial charge in [0.1, 0.15) is 0 Å². The first kappa shape index (κ1) is 23.2. The molecule has 0 bridgehead atoms. The molecule has 0 radical (unpaired) electrons. The average molecular weight is 431 g/mol. The van der Waals surface area contributed by atoms with Crippen molar-refractivity contribution in [3.05, 3.63) is 24.0 Å². The maximum atomic E-state index is 13.1. The molecule has 0 unspecified atom stereocenters. The highest BCUT2D eigenvalue weighted by atomic mass is 35.5. The number of rotatable bonds is 2. The molecule has 1 aromatic rings. The van der Waals surface area contributed by atoms with Crippen LogP contribution < -0.4 is 10.2 Å². The number of amides is 1. The molecule has 0 spiro atoms. The van der Waals surface area contributed by atoms with Crippen LogP contribution in [0.5, 0.6) is 0 Å². The zero-order valence-electron chi connectivity index (χ0n) is 16.5. The first-order valence-electron chi connectivity index (χ1n) is 10.0. The van der Waals surface area contributed by atoms with Gasteiger partial charge in [-0.2, -0.15) is 0 Å². The van der Waals surface area contributed by atoms with Crippen molar-refractivity contribution in [3.8, 4) is 0 Å². The summed E-state index contributed by atoms with van der Waals surface area (Å²) in [6.07, 6.45) is 7.99. The van der Waals surface area contributed by atoms with Crippen molar-refractivity contribution in [2.75, 3.05) is 44.2 Å². The highest BCUT2D eigenvalue weighted by Gasteiger charge is 2.37. The van der Waals surface area contributed by atoms with E-state index in [9.17, 15) is 4.79 Å². The van der Waals surface area contributed by atoms with Gasteiger partial charge in [0, 0.05) is 62.8 Å². The van der Waals surface area contributed by atoms with Crippen LogP contribution in [0.4, 0.5) is 5.69 Å². The Morgan fingerprint density at radius 2 is 2.07 bits per heavy atom. The quantitative estimate of drug-likeness (QED) is 0.780. The molecular weight excluding hydrogens is 399 g/mol. The minimum absolute atomic E-state index is 0. The van der Waals surface area contributed by atoms with E-state index in [2.05, 4.69) is 33.1 Å². The number of anilines is 1. The summed E-state index contributed by atoms with van der Waals surface area (Å²) in [5.74, 6) is 0.504. The zero-order chi connectivity index (χ0) is 17.9. The second kappa shape index (κ2) is 10.6. The number of fused-ring (bicyclic) bond motifs is 1. The van der Waals surface area contributed by atoms with Gasteiger partial charge in [-0.1, -0.05) is 0 Å². The van der Waals surface area contributed by atoms with Crippen LogP contribution in [0.15, 0.2) is 18.5 Å². The molecule has 1 N–H and O–H groups in total. The molecule has 3 aliphatic rings. The van der Waals surface area contributed by atoms with Gasteiger partial charge in [-0.15, -0.1) is 24.8 Å². The van der Waals surface area contributed by atoms with Gasteiger partial charge in [-0.25, -0.2) is 0 Å². The molecule has 158 valence electrons. The van der Waals surface area contributed by atoms with Crippen molar-refractivity contribution in [1.29, 1.82) is 0 Å². The lowest BCUT2D eigenvalue weighted by Crippen LogP contribution is -2.53. The molecule has 1 aromatic heterocycles. The topological polar surface area (TPSA) is 57.7 Å². The van der Waals surface area contributed by atoms with Gasteiger partial charge < -0.3 is 19.9 Å². The van der Waals surface area contributed by atoms with Crippen molar-refractivity contribution in [3.63, 3.8) is 0 Å². The second-order valence-electron chi connectivity index (χ2n) is 7.81. The van der Waals surface area contributed by atoms with Gasteiger partial charge in [0.15, 0.2) is 0 Å². The lowest BCUT2D eigenvalue weighted by Gasteiger charge is -2.40. The highest BCUT2D eigenvalue weighted by molar-refractivity contribution is 5.85. The summed E-state index contributed by atoms with van der Waals surface area (Å²) in [4.78, 5) is 21.8. The Hall–Kier alpha value is -1.08. The number of carbonyl (C=O) groups is 1. The number of hydrogen-bond donors (Lipinski definition) is 1. The third-order valence-electron chi connectivity index (χ3n) is 6.12. The normalized spacial score (nSPS) is 27.7. The van der Waals surface area contributed by atoms with Crippen LogP contribution in [-0.2, 0) is 9.53 Å². The van der Waals surface area contributed by atoms with Gasteiger partial charge in [0.25, 0.3) is 0 Å². The van der Waals surface area contributed by atoms with Crippen molar-refractivity contribution in [1.82, 2.24) is 15.2 Å². The van der Waals surface area contributed by atoms with E-state index in [1.54, 1.807) is 0 Å². The molecule has 0 aromatic carbocycles. The van der Waals surface area contributed by atoms with Crippen molar-refractivity contribution < 1.29 is 9.53 Å². The zero-order valence-corrected chi connectivity index (χ0v) is 18.1. The van der Waals surface area contributed by atoms with Crippen LogP contribution >= 0.6 is 24.8 Å². The van der Waals surface area contributed by atoms with Crippen LogP contribution in [0.1, 0.15) is 31.2 Å². The molecule has 1 amide bonds. The monoisotopic (exact) mass is 430 g/mol. The van der Waals surface area contributed by atoms with E-state index in [0.29, 0.717) is 18.1 Å². The minimum Gasteiger partial charge on any atom is -0.375 e. The molecule has 3 fully saturated rings. The Labute approximate surface area is 180 Å². The molecule has 4 rings (SSSR count). The number of ether oxygens (including phenoxy) is 1. The van der Waals surface area contributed by atoms with Crippen molar-refractivity contribution >= 4 is 36.4 Å². The fourth-order valence-corrected chi connectivity index (χ4v) is 4.69. The summed E-state index contributed by atoms with van der Waals surface area (Å²) in [6, 6.07) is 2.44. The Morgan fingerprint density at radius 1 is 1.21 bits per heavy atom. The fourth-order valence-electron chi connectivity index (χ4n) is 4.69. The second-order valence-corrected chi connectivity index (χ2v) is 7.81. The number of pyridine rings is 1. The average Bonchev–Trinajstić information content (AvgIpc) is 2.93. The van der Waals surface area contributed by atoms with Gasteiger partial charge in [-0.05, 0) is 44.2 Å².